The summed E-state index contributed by atoms with van der Waals surface area (Å²) in [5.41, 5.74) is 19.1. The fraction of sp³-hybridized carbons (Fsp3) is 0.0312. The molecule has 2 nitrogen and oxygen atoms in total. The van der Waals surface area contributed by atoms with Gasteiger partial charge < -0.3 is 9.64 Å². The van der Waals surface area contributed by atoms with E-state index in [1.165, 1.54) is 50.1 Å². The molecule has 312 valence electrons. The normalized spacial score (nSPS) is 14.6. The number of hydrogen-bond acceptors (Lipinski definition) is 2. The van der Waals surface area contributed by atoms with E-state index in [1.807, 2.05) is 6.08 Å². The summed E-state index contributed by atoms with van der Waals surface area (Å²) in [6.07, 6.45) is 1.93. The maximum Gasteiger partial charge on any atom is 0.140 e. The van der Waals surface area contributed by atoms with Crippen LogP contribution in [0.4, 0.5) is 17.1 Å². The second-order valence-electron chi connectivity index (χ2n) is 17.2. The molecular weight excluding hydrogens is 799 g/mol. The van der Waals surface area contributed by atoms with Crippen molar-refractivity contribution < 1.29 is 4.74 Å². The van der Waals surface area contributed by atoms with Gasteiger partial charge in [0.05, 0.1) is 11.1 Å². The van der Waals surface area contributed by atoms with Gasteiger partial charge in [-0.1, -0.05) is 219 Å². The summed E-state index contributed by atoms with van der Waals surface area (Å²) >= 11 is 0. The van der Waals surface area contributed by atoms with Crippen molar-refractivity contribution in [3.63, 3.8) is 0 Å². The molecule has 0 saturated heterocycles. The van der Waals surface area contributed by atoms with Gasteiger partial charge in [0, 0.05) is 33.5 Å². The Morgan fingerprint density at radius 3 is 1.71 bits per heavy atom. The molecule has 1 aliphatic carbocycles. The molecule has 0 aromatic heterocycles. The predicted molar refractivity (Wildman–Crippen MR) is 276 cm³/mol. The highest BCUT2D eigenvalue weighted by molar-refractivity contribution is 6.01. The van der Waals surface area contributed by atoms with Crippen LogP contribution in [0.25, 0.3) is 67.1 Å². The van der Waals surface area contributed by atoms with Gasteiger partial charge >= 0.3 is 0 Å². The number of rotatable bonds is 8. The van der Waals surface area contributed by atoms with E-state index < -0.39 is 5.41 Å². The Labute approximate surface area is 386 Å². The van der Waals surface area contributed by atoms with Crippen molar-refractivity contribution in [2.75, 3.05) is 4.90 Å². The highest BCUT2D eigenvalue weighted by Gasteiger charge is 2.52. The third kappa shape index (κ3) is 6.10. The molecule has 1 heterocycles. The molecule has 0 radical (unpaired) electrons. The number of anilines is 3. The minimum atomic E-state index is -0.618. The summed E-state index contributed by atoms with van der Waals surface area (Å²) in [4.78, 5) is 2.39. The van der Waals surface area contributed by atoms with Crippen LogP contribution in [0, 0.1) is 0 Å². The Morgan fingerprint density at radius 1 is 0.424 bits per heavy atom. The fourth-order valence-corrected chi connectivity index (χ4v) is 10.8. The molecule has 0 amide bonds. The standard InChI is InChI=1S/C64H45NO/c1-3-44-19-10-12-26-54(44)62-43(2)64(59-42-37-48-24-11-13-27-55(48)63(59)66-62)57-30-16-14-28-56(57)61-53(29-18-31-58(61)64)49-35-40-51(41-36-49)65(50-38-33-46(34-39-50)45-20-6-4-7-21-45)60-32-17-15-25-52(60)47-22-8-5-9-23-47/h3-42H,1H2,2H3. The minimum absolute atomic E-state index is 0.618. The van der Waals surface area contributed by atoms with Gasteiger partial charge in [-0.05, 0) is 104 Å². The molecule has 0 bridgehead atoms. The van der Waals surface area contributed by atoms with Crippen molar-refractivity contribution >= 4 is 39.7 Å². The lowest BCUT2D eigenvalue weighted by Gasteiger charge is -2.41. The summed E-state index contributed by atoms with van der Waals surface area (Å²) < 4.78 is 7.22. The first-order valence-corrected chi connectivity index (χ1v) is 22.7. The van der Waals surface area contributed by atoms with Crippen molar-refractivity contribution in [3.8, 4) is 50.3 Å². The van der Waals surface area contributed by atoms with Crippen molar-refractivity contribution in [2.24, 2.45) is 0 Å². The van der Waals surface area contributed by atoms with Crippen LogP contribution in [0.15, 0.2) is 249 Å². The monoisotopic (exact) mass is 843 g/mol. The number of para-hydroxylation sites is 1. The maximum absolute atomic E-state index is 7.22. The Hall–Kier alpha value is -8.46. The Bertz CT molecular complexity index is 3510. The lowest BCUT2D eigenvalue weighted by atomic mass is 9.65. The molecule has 0 fully saturated rings. The zero-order chi connectivity index (χ0) is 44.2. The minimum Gasteiger partial charge on any atom is -0.456 e. The van der Waals surface area contributed by atoms with Gasteiger partial charge in [-0.15, -0.1) is 0 Å². The average molecular weight is 844 g/mol. The fourth-order valence-electron chi connectivity index (χ4n) is 10.8. The first kappa shape index (κ1) is 39.2. The van der Waals surface area contributed by atoms with E-state index in [9.17, 15) is 0 Å². The molecule has 2 heteroatoms. The van der Waals surface area contributed by atoms with Gasteiger partial charge in [0.15, 0.2) is 0 Å². The number of benzene rings is 10. The maximum atomic E-state index is 7.22. The molecule has 0 N–H and O–H groups in total. The first-order valence-electron chi connectivity index (χ1n) is 22.7. The van der Waals surface area contributed by atoms with Crippen molar-refractivity contribution in [3.05, 3.63) is 277 Å². The van der Waals surface area contributed by atoms with Gasteiger partial charge in [-0.25, -0.2) is 0 Å². The Balaban J connectivity index is 1.04. The molecule has 1 unspecified atom stereocenters. The van der Waals surface area contributed by atoms with E-state index >= 15 is 0 Å². The van der Waals surface area contributed by atoms with Crippen LogP contribution in [0.5, 0.6) is 5.75 Å². The third-order valence-electron chi connectivity index (χ3n) is 13.8. The predicted octanol–water partition coefficient (Wildman–Crippen LogP) is 17.1. The van der Waals surface area contributed by atoms with Gasteiger partial charge in [-0.2, -0.15) is 0 Å². The van der Waals surface area contributed by atoms with Crippen molar-refractivity contribution in [2.45, 2.75) is 12.3 Å². The number of allylic oxidation sites excluding steroid dienone is 1. The van der Waals surface area contributed by atoms with Gasteiger partial charge in [0.25, 0.3) is 0 Å². The molecular formula is C64H45NO. The highest BCUT2D eigenvalue weighted by Crippen LogP contribution is 2.63. The molecule has 12 rings (SSSR count). The quantitative estimate of drug-likeness (QED) is 0.151. The zero-order valence-electron chi connectivity index (χ0n) is 36.7. The van der Waals surface area contributed by atoms with Crippen LogP contribution >= 0.6 is 0 Å². The summed E-state index contributed by atoms with van der Waals surface area (Å²) in [6, 6.07) is 85.6. The smallest absolute Gasteiger partial charge is 0.140 e. The van der Waals surface area contributed by atoms with Crippen LogP contribution < -0.4 is 9.64 Å². The molecule has 2 aliphatic rings. The highest BCUT2D eigenvalue weighted by atomic mass is 16.5. The number of fused-ring (bicyclic) bond motifs is 9. The van der Waals surface area contributed by atoms with E-state index in [4.69, 9.17) is 4.74 Å². The zero-order valence-corrected chi connectivity index (χ0v) is 36.7. The van der Waals surface area contributed by atoms with Crippen LogP contribution in [0.3, 0.4) is 0 Å². The van der Waals surface area contributed by atoms with E-state index in [-0.39, 0.29) is 0 Å². The van der Waals surface area contributed by atoms with Crippen LogP contribution in [-0.4, -0.2) is 0 Å². The van der Waals surface area contributed by atoms with Crippen molar-refractivity contribution in [1.82, 2.24) is 0 Å². The topological polar surface area (TPSA) is 12.5 Å². The Kier molecular flexibility index (Phi) is 9.47. The molecule has 10 aromatic rings. The first-order chi connectivity index (χ1) is 32.6. The van der Waals surface area contributed by atoms with E-state index in [0.717, 1.165) is 67.2 Å². The summed E-state index contributed by atoms with van der Waals surface area (Å²) in [7, 11) is 0. The Morgan fingerprint density at radius 2 is 0.970 bits per heavy atom. The molecule has 1 spiro atoms. The second-order valence-corrected chi connectivity index (χ2v) is 17.2. The van der Waals surface area contributed by atoms with Crippen LogP contribution in [0.2, 0.25) is 0 Å². The van der Waals surface area contributed by atoms with Gasteiger partial charge in [-0.3, -0.25) is 0 Å². The number of hydrogen-bond donors (Lipinski definition) is 0. The number of ether oxygens (including phenoxy) is 1. The summed E-state index contributed by atoms with van der Waals surface area (Å²) in [5, 5.41) is 2.25. The summed E-state index contributed by atoms with van der Waals surface area (Å²) in [5.74, 6) is 1.78. The van der Waals surface area contributed by atoms with E-state index in [2.05, 4.69) is 255 Å². The second kappa shape index (κ2) is 16.0. The third-order valence-corrected chi connectivity index (χ3v) is 13.8. The van der Waals surface area contributed by atoms with Crippen LogP contribution in [-0.2, 0) is 5.41 Å². The van der Waals surface area contributed by atoms with Crippen LogP contribution in [0.1, 0.15) is 34.7 Å². The molecule has 66 heavy (non-hydrogen) atoms. The SMILES string of the molecule is C=Cc1ccccc1C1=C(C)C2(c3ccccc3-c3c(-c4ccc(N(c5ccc(-c6ccccc6)cc5)c5ccccc5-c5ccccc5)cc4)cccc32)c2ccc3ccccc3c2O1. The molecule has 1 atom stereocenters. The van der Waals surface area contributed by atoms with E-state index in [1.54, 1.807) is 0 Å². The lowest BCUT2D eigenvalue weighted by molar-refractivity contribution is 0.471. The van der Waals surface area contributed by atoms with Gasteiger partial charge in [0.2, 0.25) is 0 Å². The summed E-state index contributed by atoms with van der Waals surface area (Å²) in [6.45, 7) is 6.49. The molecule has 10 aromatic carbocycles. The largest absolute Gasteiger partial charge is 0.456 e. The number of nitrogens with zero attached hydrogens (tertiary/aromatic N) is 1. The lowest BCUT2D eigenvalue weighted by Crippen LogP contribution is -2.33. The molecule has 1 aliphatic heterocycles. The molecule has 0 saturated carbocycles. The van der Waals surface area contributed by atoms with Gasteiger partial charge in [0.1, 0.15) is 11.5 Å². The van der Waals surface area contributed by atoms with E-state index in [0.29, 0.717) is 0 Å². The van der Waals surface area contributed by atoms with Crippen molar-refractivity contribution in [1.29, 1.82) is 0 Å². The average Bonchev–Trinajstić information content (AvgIpc) is 3.69.